The van der Waals surface area contributed by atoms with Crippen molar-refractivity contribution in [3.63, 3.8) is 0 Å². The van der Waals surface area contributed by atoms with Crippen molar-refractivity contribution in [2.24, 2.45) is 0 Å². The maximum atomic E-state index is 12.7. The molecule has 10 heteroatoms. The lowest BCUT2D eigenvalue weighted by Gasteiger charge is -2.15. The first-order chi connectivity index (χ1) is 15.3. The van der Waals surface area contributed by atoms with Crippen molar-refractivity contribution in [1.29, 1.82) is 0 Å². The number of hydrogen-bond acceptors (Lipinski definition) is 6. The van der Waals surface area contributed by atoms with Gasteiger partial charge in [0, 0.05) is 24.4 Å². The smallest absolute Gasteiger partial charge is 0.294 e. The lowest BCUT2D eigenvalue weighted by atomic mass is 10.2. The number of aryl methyl sites for hydroxylation is 1. The number of rotatable bonds is 7. The summed E-state index contributed by atoms with van der Waals surface area (Å²) in [7, 11) is 0. The Labute approximate surface area is 183 Å². The molecule has 0 spiro atoms. The van der Waals surface area contributed by atoms with Gasteiger partial charge in [0.2, 0.25) is 11.3 Å². The van der Waals surface area contributed by atoms with Crippen LogP contribution in [0, 0.1) is 17.0 Å². The zero-order chi connectivity index (χ0) is 23.3. The van der Waals surface area contributed by atoms with E-state index in [4.69, 9.17) is 0 Å². The quantitative estimate of drug-likeness (QED) is 0.430. The normalized spacial score (nSPS) is 11.4. The highest BCUT2D eigenvalue weighted by molar-refractivity contribution is 5.95. The summed E-state index contributed by atoms with van der Waals surface area (Å²) >= 11 is 0. The molecule has 0 aliphatic heterocycles. The average Bonchev–Trinajstić information content (AvgIpc) is 2.78. The Balaban J connectivity index is 1.80. The van der Waals surface area contributed by atoms with Crippen LogP contribution in [0.2, 0.25) is 0 Å². The molecule has 0 aliphatic rings. The fourth-order valence-electron chi connectivity index (χ4n) is 3.01. The highest BCUT2D eigenvalue weighted by atomic mass is 16.6. The van der Waals surface area contributed by atoms with Crippen LogP contribution in [0.1, 0.15) is 28.7 Å². The summed E-state index contributed by atoms with van der Waals surface area (Å²) in [5.74, 6) is -1.29. The van der Waals surface area contributed by atoms with E-state index in [1.54, 1.807) is 13.0 Å². The van der Waals surface area contributed by atoms with E-state index in [2.05, 4.69) is 15.7 Å². The van der Waals surface area contributed by atoms with Crippen LogP contribution in [0.25, 0.3) is 5.69 Å². The summed E-state index contributed by atoms with van der Waals surface area (Å²) in [6.45, 7) is 3.31. The lowest BCUT2D eigenvalue weighted by Crippen LogP contribution is -2.46. The Kier molecular flexibility index (Phi) is 6.74. The van der Waals surface area contributed by atoms with E-state index in [0.29, 0.717) is 5.69 Å². The van der Waals surface area contributed by atoms with E-state index in [0.717, 1.165) is 10.2 Å². The zero-order valence-electron chi connectivity index (χ0n) is 17.4. The highest BCUT2D eigenvalue weighted by Crippen LogP contribution is 2.22. The van der Waals surface area contributed by atoms with Crippen LogP contribution < -0.4 is 16.1 Å². The van der Waals surface area contributed by atoms with Gasteiger partial charge in [0.1, 0.15) is 11.7 Å². The van der Waals surface area contributed by atoms with Crippen LogP contribution in [-0.4, -0.2) is 32.6 Å². The van der Waals surface area contributed by atoms with E-state index in [9.17, 15) is 24.5 Å². The van der Waals surface area contributed by atoms with Crippen molar-refractivity contribution in [2.75, 3.05) is 0 Å². The van der Waals surface area contributed by atoms with E-state index >= 15 is 0 Å². The molecule has 1 heterocycles. The first kappa shape index (κ1) is 22.3. The summed E-state index contributed by atoms with van der Waals surface area (Å²) in [6.07, 6.45) is 0. The maximum absolute atomic E-state index is 12.7. The number of carbonyl (C=O) groups excluding carboxylic acids is 2. The largest absolute Gasteiger partial charge is 0.350 e. The fourth-order valence-corrected chi connectivity index (χ4v) is 3.01. The highest BCUT2D eigenvalue weighted by Gasteiger charge is 2.22. The SMILES string of the molecule is Cc1cc(=O)c(C(=O)NC(C)C(=O)NCc2ccccc2)nn1-c1ccccc1[N+](=O)[O-]. The van der Waals surface area contributed by atoms with Gasteiger partial charge in [-0.3, -0.25) is 24.5 Å². The molecule has 32 heavy (non-hydrogen) atoms. The molecule has 2 amide bonds. The minimum Gasteiger partial charge on any atom is -0.350 e. The Morgan fingerprint density at radius 1 is 1.12 bits per heavy atom. The van der Waals surface area contributed by atoms with Gasteiger partial charge >= 0.3 is 0 Å². The van der Waals surface area contributed by atoms with Gasteiger partial charge in [-0.25, -0.2) is 4.68 Å². The number of hydrogen-bond donors (Lipinski definition) is 2. The van der Waals surface area contributed by atoms with Crippen LogP contribution in [0.15, 0.2) is 65.5 Å². The molecule has 0 fully saturated rings. The molecule has 1 unspecified atom stereocenters. The van der Waals surface area contributed by atoms with Crippen molar-refractivity contribution in [1.82, 2.24) is 20.4 Å². The van der Waals surface area contributed by atoms with Crippen LogP contribution in [0.4, 0.5) is 5.69 Å². The number of nitrogens with one attached hydrogen (secondary N) is 2. The second kappa shape index (κ2) is 9.65. The second-order valence-electron chi connectivity index (χ2n) is 7.05. The van der Waals surface area contributed by atoms with Crippen molar-refractivity contribution in [3.8, 4) is 5.69 Å². The van der Waals surface area contributed by atoms with Gasteiger partial charge in [0.15, 0.2) is 5.69 Å². The van der Waals surface area contributed by atoms with Gasteiger partial charge < -0.3 is 10.6 Å². The zero-order valence-corrected chi connectivity index (χ0v) is 17.4. The molecular formula is C22H21N5O5. The summed E-state index contributed by atoms with van der Waals surface area (Å²) in [5.41, 5.74) is -0.0472. The number of aromatic nitrogens is 2. The Morgan fingerprint density at radius 3 is 2.47 bits per heavy atom. The molecule has 0 bridgehead atoms. The first-order valence-corrected chi connectivity index (χ1v) is 9.75. The minimum absolute atomic E-state index is 0.109. The van der Waals surface area contributed by atoms with E-state index in [-0.39, 0.29) is 17.9 Å². The van der Waals surface area contributed by atoms with Gasteiger partial charge in [-0.15, -0.1) is 0 Å². The number of amides is 2. The maximum Gasteiger partial charge on any atom is 0.294 e. The number of carbonyl (C=O) groups is 2. The van der Waals surface area contributed by atoms with Crippen LogP contribution in [0.3, 0.4) is 0 Å². The van der Waals surface area contributed by atoms with Crippen LogP contribution in [-0.2, 0) is 11.3 Å². The molecule has 3 aromatic rings. The molecule has 10 nitrogen and oxygen atoms in total. The van der Waals surface area contributed by atoms with Gasteiger partial charge in [-0.1, -0.05) is 42.5 Å². The predicted molar refractivity (Wildman–Crippen MR) is 116 cm³/mol. The second-order valence-corrected chi connectivity index (χ2v) is 7.05. The first-order valence-electron chi connectivity index (χ1n) is 9.75. The molecule has 0 radical (unpaired) electrons. The number of para-hydroxylation sites is 2. The molecule has 164 valence electrons. The van der Waals surface area contributed by atoms with Crippen molar-refractivity contribution >= 4 is 17.5 Å². The van der Waals surface area contributed by atoms with E-state index < -0.39 is 33.9 Å². The van der Waals surface area contributed by atoms with Crippen molar-refractivity contribution in [2.45, 2.75) is 26.4 Å². The van der Waals surface area contributed by atoms with Crippen LogP contribution in [0.5, 0.6) is 0 Å². The monoisotopic (exact) mass is 435 g/mol. The molecule has 1 atom stereocenters. The third kappa shape index (κ3) is 5.04. The molecule has 0 saturated heterocycles. The molecule has 2 N–H and O–H groups in total. The molecule has 2 aromatic carbocycles. The molecule has 3 rings (SSSR count). The summed E-state index contributed by atoms with van der Waals surface area (Å²) in [5, 5.41) is 20.6. The van der Waals surface area contributed by atoms with E-state index in [1.807, 2.05) is 30.3 Å². The molecule has 0 saturated carbocycles. The number of nitro benzene ring substituents is 1. The Hall–Kier alpha value is -4.34. The van der Waals surface area contributed by atoms with Crippen molar-refractivity contribution in [3.05, 3.63) is 98.0 Å². The Bertz CT molecular complexity index is 1220. The van der Waals surface area contributed by atoms with Gasteiger partial charge in [0.25, 0.3) is 11.6 Å². The molecular weight excluding hydrogens is 414 g/mol. The summed E-state index contributed by atoms with van der Waals surface area (Å²) < 4.78 is 1.16. The minimum atomic E-state index is -0.937. The predicted octanol–water partition coefficient (Wildman–Crippen LogP) is 1.88. The number of nitro groups is 1. The summed E-state index contributed by atoms with van der Waals surface area (Å²) in [4.78, 5) is 48.1. The topological polar surface area (TPSA) is 136 Å². The van der Waals surface area contributed by atoms with Gasteiger partial charge in [-0.05, 0) is 25.5 Å². The summed E-state index contributed by atoms with van der Waals surface area (Å²) in [6, 6.07) is 15.3. The third-order valence-corrected chi connectivity index (χ3v) is 4.68. The lowest BCUT2D eigenvalue weighted by molar-refractivity contribution is -0.384. The number of benzene rings is 2. The fraction of sp³-hybridized carbons (Fsp3) is 0.182. The molecule has 1 aromatic heterocycles. The standard InChI is InChI=1S/C22H21N5O5/c1-14-12-19(28)20(25-26(14)17-10-6-7-11-18(17)27(31)32)22(30)24-15(2)21(29)23-13-16-8-4-3-5-9-16/h3-12,15H,13H2,1-2H3,(H,23,29)(H,24,30). The van der Waals surface area contributed by atoms with Crippen LogP contribution >= 0.6 is 0 Å². The average molecular weight is 435 g/mol. The van der Waals surface area contributed by atoms with Gasteiger partial charge in [-0.2, -0.15) is 5.10 Å². The Morgan fingerprint density at radius 2 is 1.78 bits per heavy atom. The van der Waals surface area contributed by atoms with Gasteiger partial charge in [0.05, 0.1) is 4.92 Å². The number of nitrogens with zero attached hydrogens (tertiary/aromatic N) is 3. The van der Waals surface area contributed by atoms with Crippen molar-refractivity contribution < 1.29 is 14.5 Å². The van der Waals surface area contributed by atoms with E-state index in [1.165, 1.54) is 31.2 Å². The molecule has 0 aliphatic carbocycles. The third-order valence-electron chi connectivity index (χ3n) is 4.68.